The molecule has 0 aliphatic heterocycles. The Morgan fingerprint density at radius 2 is 2.12 bits per heavy atom. The molecular formula is C12H20N2O2. The minimum Gasteiger partial charge on any atom is -0.495 e. The van der Waals surface area contributed by atoms with Gasteiger partial charge in [-0.25, -0.2) is 0 Å². The first kappa shape index (κ1) is 12.9. The minimum atomic E-state index is 0.238. The molecule has 0 amide bonds. The quantitative estimate of drug-likeness (QED) is 0.825. The summed E-state index contributed by atoms with van der Waals surface area (Å²) < 4.78 is 10.6. The molecule has 0 radical (unpaired) electrons. The van der Waals surface area contributed by atoms with Crippen molar-refractivity contribution in [1.29, 1.82) is 0 Å². The maximum Gasteiger partial charge on any atom is 0.143 e. The van der Waals surface area contributed by atoms with Crippen LogP contribution < -0.4 is 10.5 Å². The molecule has 0 saturated carbocycles. The predicted octanol–water partition coefficient (Wildman–Crippen LogP) is 1.61. The fourth-order valence-corrected chi connectivity index (χ4v) is 1.83. The van der Waals surface area contributed by atoms with Gasteiger partial charge in [0, 0.05) is 24.4 Å². The monoisotopic (exact) mass is 224 g/mol. The number of rotatable bonds is 5. The average molecular weight is 224 g/mol. The van der Waals surface area contributed by atoms with E-state index < -0.39 is 0 Å². The summed E-state index contributed by atoms with van der Waals surface area (Å²) in [7, 11) is 3.33. The van der Waals surface area contributed by atoms with E-state index in [0.29, 0.717) is 13.2 Å². The normalized spacial score (nSPS) is 12.6. The van der Waals surface area contributed by atoms with Crippen LogP contribution in [0.4, 0.5) is 0 Å². The molecule has 4 heteroatoms. The molecule has 0 aromatic carbocycles. The summed E-state index contributed by atoms with van der Waals surface area (Å²) in [4.78, 5) is 4.30. The second kappa shape index (κ2) is 5.82. The second-order valence-corrected chi connectivity index (χ2v) is 3.89. The summed E-state index contributed by atoms with van der Waals surface area (Å²) in [6, 6.07) is 0. The highest BCUT2D eigenvalue weighted by molar-refractivity contribution is 5.44. The number of nitrogens with zero attached hydrogens (tertiary/aromatic N) is 1. The van der Waals surface area contributed by atoms with Crippen LogP contribution in [0.3, 0.4) is 0 Å². The van der Waals surface area contributed by atoms with Gasteiger partial charge in [0.15, 0.2) is 0 Å². The van der Waals surface area contributed by atoms with Crippen LogP contribution in [0.2, 0.25) is 0 Å². The zero-order valence-electron chi connectivity index (χ0n) is 10.4. The van der Waals surface area contributed by atoms with Gasteiger partial charge in [0.1, 0.15) is 5.75 Å². The van der Waals surface area contributed by atoms with E-state index in [1.54, 1.807) is 14.2 Å². The van der Waals surface area contributed by atoms with E-state index >= 15 is 0 Å². The Hall–Kier alpha value is -1.13. The van der Waals surface area contributed by atoms with Crippen molar-refractivity contribution in [2.24, 2.45) is 5.73 Å². The number of pyridine rings is 1. The molecular weight excluding hydrogens is 204 g/mol. The first-order valence-corrected chi connectivity index (χ1v) is 5.37. The molecule has 16 heavy (non-hydrogen) atoms. The van der Waals surface area contributed by atoms with Gasteiger partial charge < -0.3 is 15.2 Å². The van der Waals surface area contributed by atoms with Crippen LogP contribution in [-0.4, -0.2) is 25.7 Å². The predicted molar refractivity (Wildman–Crippen MR) is 63.7 cm³/mol. The van der Waals surface area contributed by atoms with Crippen LogP contribution in [0, 0.1) is 6.92 Å². The van der Waals surface area contributed by atoms with Crippen molar-refractivity contribution < 1.29 is 9.47 Å². The van der Waals surface area contributed by atoms with Gasteiger partial charge >= 0.3 is 0 Å². The molecule has 0 fully saturated rings. The molecule has 0 spiro atoms. The Morgan fingerprint density at radius 1 is 1.44 bits per heavy atom. The van der Waals surface area contributed by atoms with Crippen molar-refractivity contribution >= 4 is 0 Å². The zero-order chi connectivity index (χ0) is 12.1. The highest BCUT2D eigenvalue weighted by Crippen LogP contribution is 2.31. The van der Waals surface area contributed by atoms with Gasteiger partial charge in [-0.2, -0.15) is 0 Å². The number of nitrogens with two attached hydrogens (primary N) is 1. The van der Waals surface area contributed by atoms with Crippen LogP contribution in [0.5, 0.6) is 5.75 Å². The molecule has 0 aliphatic rings. The number of ether oxygens (including phenoxy) is 2. The molecule has 1 rings (SSSR count). The number of hydrogen-bond acceptors (Lipinski definition) is 4. The Bertz CT molecular complexity index is 353. The van der Waals surface area contributed by atoms with Gasteiger partial charge in [-0.3, -0.25) is 4.98 Å². The van der Waals surface area contributed by atoms with Crippen LogP contribution >= 0.6 is 0 Å². The second-order valence-electron chi connectivity index (χ2n) is 3.89. The smallest absolute Gasteiger partial charge is 0.143 e. The van der Waals surface area contributed by atoms with Gasteiger partial charge in [-0.15, -0.1) is 0 Å². The molecule has 4 nitrogen and oxygen atoms in total. The average Bonchev–Trinajstić information content (AvgIpc) is 2.30. The highest BCUT2D eigenvalue weighted by atomic mass is 16.5. The van der Waals surface area contributed by atoms with E-state index in [1.807, 2.05) is 13.1 Å². The lowest BCUT2D eigenvalue weighted by atomic mass is 9.95. The molecule has 1 aromatic rings. The summed E-state index contributed by atoms with van der Waals surface area (Å²) in [5.41, 5.74) is 8.77. The number of aromatic nitrogens is 1. The third-order valence-electron chi connectivity index (χ3n) is 2.68. The molecule has 2 N–H and O–H groups in total. The van der Waals surface area contributed by atoms with Gasteiger partial charge in [0.05, 0.1) is 19.4 Å². The van der Waals surface area contributed by atoms with Gasteiger partial charge in [0.2, 0.25) is 0 Å². The fourth-order valence-electron chi connectivity index (χ4n) is 1.83. The lowest BCUT2D eigenvalue weighted by molar-refractivity contribution is 0.183. The standard InChI is InChI=1S/C12H20N2O2/c1-8(5-13)11-10(7-15-3)6-14-9(2)12(11)16-4/h6,8H,5,7,13H2,1-4H3. The summed E-state index contributed by atoms with van der Waals surface area (Å²) in [6.45, 7) is 5.12. The van der Waals surface area contributed by atoms with Crippen LogP contribution in [-0.2, 0) is 11.3 Å². The Labute approximate surface area is 96.8 Å². The lowest BCUT2D eigenvalue weighted by Gasteiger charge is -2.19. The maximum atomic E-state index is 5.73. The topological polar surface area (TPSA) is 57.4 Å². The van der Waals surface area contributed by atoms with Crippen LogP contribution in [0.25, 0.3) is 0 Å². The Morgan fingerprint density at radius 3 is 2.62 bits per heavy atom. The number of methoxy groups -OCH3 is 2. The van der Waals surface area contributed by atoms with E-state index in [9.17, 15) is 0 Å². The number of hydrogen-bond donors (Lipinski definition) is 1. The summed E-state index contributed by atoms with van der Waals surface area (Å²) >= 11 is 0. The van der Waals surface area contributed by atoms with E-state index in [0.717, 1.165) is 22.6 Å². The summed E-state index contributed by atoms with van der Waals surface area (Å²) in [5.74, 6) is 1.06. The van der Waals surface area contributed by atoms with Crippen molar-refractivity contribution in [3.8, 4) is 5.75 Å². The Kier molecular flexibility index (Phi) is 4.71. The minimum absolute atomic E-state index is 0.238. The Balaban J connectivity index is 3.28. The van der Waals surface area contributed by atoms with E-state index in [-0.39, 0.29) is 5.92 Å². The third-order valence-corrected chi connectivity index (χ3v) is 2.68. The first-order chi connectivity index (χ1) is 7.65. The van der Waals surface area contributed by atoms with Gasteiger partial charge in [-0.05, 0) is 19.4 Å². The fraction of sp³-hybridized carbons (Fsp3) is 0.583. The van der Waals surface area contributed by atoms with E-state index in [1.165, 1.54) is 0 Å². The van der Waals surface area contributed by atoms with Gasteiger partial charge in [-0.1, -0.05) is 6.92 Å². The van der Waals surface area contributed by atoms with Crippen LogP contribution in [0.1, 0.15) is 29.7 Å². The van der Waals surface area contributed by atoms with Crippen molar-refractivity contribution in [2.75, 3.05) is 20.8 Å². The molecule has 1 aromatic heterocycles. The molecule has 1 unspecified atom stereocenters. The zero-order valence-corrected chi connectivity index (χ0v) is 10.4. The number of aryl methyl sites for hydroxylation is 1. The SMILES string of the molecule is COCc1cnc(C)c(OC)c1C(C)CN. The van der Waals surface area contributed by atoms with Gasteiger partial charge in [0.25, 0.3) is 0 Å². The van der Waals surface area contributed by atoms with Crippen LogP contribution in [0.15, 0.2) is 6.20 Å². The van der Waals surface area contributed by atoms with Crippen molar-refractivity contribution in [3.63, 3.8) is 0 Å². The maximum absolute atomic E-state index is 5.73. The first-order valence-electron chi connectivity index (χ1n) is 5.37. The molecule has 1 heterocycles. The van der Waals surface area contributed by atoms with Crippen molar-refractivity contribution in [2.45, 2.75) is 26.4 Å². The molecule has 0 aliphatic carbocycles. The van der Waals surface area contributed by atoms with E-state index in [4.69, 9.17) is 15.2 Å². The van der Waals surface area contributed by atoms with E-state index in [2.05, 4.69) is 11.9 Å². The molecule has 90 valence electrons. The van der Waals surface area contributed by atoms with Crippen molar-refractivity contribution in [1.82, 2.24) is 4.98 Å². The molecule has 1 atom stereocenters. The molecule has 0 bridgehead atoms. The highest BCUT2D eigenvalue weighted by Gasteiger charge is 2.17. The summed E-state index contributed by atoms with van der Waals surface area (Å²) in [5, 5.41) is 0. The lowest BCUT2D eigenvalue weighted by Crippen LogP contribution is -2.14. The summed E-state index contributed by atoms with van der Waals surface area (Å²) in [6.07, 6.45) is 1.84. The van der Waals surface area contributed by atoms with Crippen molar-refractivity contribution in [3.05, 3.63) is 23.0 Å². The molecule has 0 saturated heterocycles. The third kappa shape index (κ3) is 2.51. The largest absolute Gasteiger partial charge is 0.495 e.